The Morgan fingerprint density at radius 2 is 1.74 bits per heavy atom. The van der Waals surface area contributed by atoms with Crippen molar-refractivity contribution < 1.29 is 9.18 Å². The van der Waals surface area contributed by atoms with Crippen LogP contribution in [0.4, 0.5) is 4.39 Å². The first-order valence-corrected chi connectivity index (χ1v) is 12.7. The molecule has 1 aromatic carbocycles. The van der Waals surface area contributed by atoms with Gasteiger partial charge in [-0.15, -0.1) is 0 Å². The third-order valence-electron chi connectivity index (χ3n) is 9.84. The van der Waals surface area contributed by atoms with Gasteiger partial charge in [0.25, 0.3) is 0 Å². The Morgan fingerprint density at radius 3 is 2.45 bits per heavy atom. The third-order valence-corrected chi connectivity index (χ3v) is 9.84. The van der Waals surface area contributed by atoms with E-state index in [0.717, 1.165) is 70.8 Å². The van der Waals surface area contributed by atoms with Gasteiger partial charge in [-0.3, -0.25) is 9.18 Å². The van der Waals surface area contributed by atoms with E-state index in [4.69, 9.17) is 5.73 Å². The summed E-state index contributed by atoms with van der Waals surface area (Å²) < 4.78 is 13.9. The Balaban J connectivity index is 1.44. The van der Waals surface area contributed by atoms with E-state index in [9.17, 15) is 9.18 Å². The average Bonchev–Trinajstić information content (AvgIpc) is 2.79. The van der Waals surface area contributed by atoms with Crippen molar-refractivity contribution in [3.63, 3.8) is 0 Å². The van der Waals surface area contributed by atoms with Crippen molar-refractivity contribution in [1.29, 1.82) is 0 Å². The number of rotatable bonds is 6. The van der Waals surface area contributed by atoms with Gasteiger partial charge in [0.2, 0.25) is 5.91 Å². The van der Waals surface area contributed by atoms with Crippen LogP contribution in [-0.2, 0) is 10.2 Å². The number of benzene rings is 1. The van der Waals surface area contributed by atoms with Gasteiger partial charge in [-0.25, -0.2) is 0 Å². The van der Waals surface area contributed by atoms with Gasteiger partial charge >= 0.3 is 0 Å². The van der Waals surface area contributed by atoms with Crippen molar-refractivity contribution in [2.24, 2.45) is 28.4 Å². The normalized spacial score (nSPS) is 41.7. The fourth-order valence-corrected chi connectivity index (χ4v) is 8.35. The Bertz CT molecular complexity index is 792. The molecule has 3 bridgehead atoms. The number of alkyl halides is 1. The van der Waals surface area contributed by atoms with E-state index in [0.29, 0.717) is 18.3 Å². The topological polar surface area (TPSA) is 55.1 Å². The summed E-state index contributed by atoms with van der Waals surface area (Å²) in [6.45, 7) is 0.500. The summed E-state index contributed by atoms with van der Waals surface area (Å²) >= 11 is 0. The Kier molecular flexibility index (Phi) is 5.65. The van der Waals surface area contributed by atoms with E-state index in [1.165, 1.54) is 12.0 Å². The molecule has 4 atom stereocenters. The van der Waals surface area contributed by atoms with E-state index < -0.39 is 0 Å². The monoisotopic (exact) mass is 426 g/mol. The highest BCUT2D eigenvalue weighted by Gasteiger charge is 2.64. The maximum Gasteiger partial charge on any atom is 0.226 e. The first-order valence-electron chi connectivity index (χ1n) is 12.7. The summed E-state index contributed by atoms with van der Waals surface area (Å²) in [7, 11) is 0. The van der Waals surface area contributed by atoms with E-state index in [-0.39, 0.29) is 34.9 Å². The van der Waals surface area contributed by atoms with Gasteiger partial charge in [-0.05, 0) is 112 Å². The molecule has 2 unspecified atom stereocenters. The van der Waals surface area contributed by atoms with Crippen LogP contribution in [0.3, 0.4) is 0 Å². The van der Waals surface area contributed by atoms with Gasteiger partial charge in [0.05, 0.1) is 12.1 Å². The van der Waals surface area contributed by atoms with Gasteiger partial charge in [0.15, 0.2) is 0 Å². The van der Waals surface area contributed by atoms with Crippen LogP contribution >= 0.6 is 0 Å². The highest BCUT2D eigenvalue weighted by Crippen LogP contribution is 2.70. The second-order valence-electron chi connectivity index (χ2n) is 11.5. The third kappa shape index (κ3) is 3.63. The van der Waals surface area contributed by atoms with Crippen LogP contribution in [0.2, 0.25) is 0 Å². The SMILES string of the molecule is NCC1CCC(NC(=O)C23CCC4CC[C@](c5ccccc5)(C2)C[C@]4(CCF)C3)CC1. The van der Waals surface area contributed by atoms with Crippen LogP contribution in [0.25, 0.3) is 0 Å². The molecule has 0 radical (unpaired) electrons. The fraction of sp³-hybridized carbons (Fsp3) is 0.741. The molecule has 4 aliphatic carbocycles. The molecule has 0 saturated heterocycles. The summed E-state index contributed by atoms with van der Waals surface area (Å²) in [6, 6.07) is 11.1. The molecule has 3 N–H and O–H groups in total. The van der Waals surface area contributed by atoms with Crippen molar-refractivity contribution in [2.45, 2.75) is 88.5 Å². The molecular weight excluding hydrogens is 387 g/mol. The van der Waals surface area contributed by atoms with Crippen LogP contribution in [0.5, 0.6) is 0 Å². The number of halogens is 1. The second kappa shape index (κ2) is 8.17. The van der Waals surface area contributed by atoms with Gasteiger partial charge in [0, 0.05) is 6.04 Å². The standard InChI is InChI=1S/C27H39FN2O/c28-15-14-26-17-25(21-4-2-1-3-5-21)12-10-22(26)11-13-27(18-25,19-26)24(31)30-23-8-6-20(16-29)7-9-23/h1-5,20,22-23H,6-19,29H2,(H,30,31)/t20?,22?,23?,25-,26-,27?/m1/s1. The molecule has 1 amide bonds. The molecule has 4 aliphatic rings. The van der Waals surface area contributed by atoms with Gasteiger partial charge < -0.3 is 11.1 Å². The maximum absolute atomic E-state index is 13.9. The number of hydrogen-bond donors (Lipinski definition) is 2. The number of nitrogens with one attached hydrogen (secondary N) is 1. The number of carbonyl (C=O) groups is 1. The minimum absolute atomic E-state index is 0.00606. The zero-order chi connectivity index (χ0) is 21.5. The predicted octanol–water partition coefficient (Wildman–Crippen LogP) is 5.28. The number of nitrogens with two attached hydrogens (primary N) is 1. The first kappa shape index (κ1) is 21.4. The number of fused-ring (bicyclic) bond motifs is 2. The fourth-order valence-electron chi connectivity index (χ4n) is 8.35. The van der Waals surface area contributed by atoms with Gasteiger partial charge in [0.1, 0.15) is 0 Å². The van der Waals surface area contributed by atoms with Gasteiger partial charge in [-0.2, -0.15) is 0 Å². The molecule has 4 heteroatoms. The van der Waals surface area contributed by atoms with Crippen molar-refractivity contribution in [1.82, 2.24) is 5.32 Å². The van der Waals surface area contributed by atoms with Crippen LogP contribution in [-0.4, -0.2) is 25.2 Å². The van der Waals surface area contributed by atoms with Crippen LogP contribution in [0.1, 0.15) is 82.6 Å². The van der Waals surface area contributed by atoms with E-state index in [1.54, 1.807) is 0 Å². The molecule has 0 spiro atoms. The number of amides is 1. The van der Waals surface area contributed by atoms with Crippen molar-refractivity contribution >= 4 is 5.91 Å². The zero-order valence-electron chi connectivity index (χ0n) is 18.9. The average molecular weight is 427 g/mol. The maximum atomic E-state index is 13.9. The van der Waals surface area contributed by atoms with Crippen LogP contribution < -0.4 is 11.1 Å². The Hall–Kier alpha value is -1.42. The molecule has 5 rings (SSSR count). The Labute approximate surface area is 186 Å². The smallest absolute Gasteiger partial charge is 0.226 e. The molecule has 4 fully saturated rings. The number of carbonyl (C=O) groups excluding carboxylic acids is 1. The summed E-state index contributed by atoms with van der Waals surface area (Å²) in [6.07, 6.45) is 12.3. The molecule has 0 aliphatic heterocycles. The lowest BCUT2D eigenvalue weighted by Crippen LogP contribution is -2.62. The lowest BCUT2D eigenvalue weighted by molar-refractivity contribution is -0.161. The summed E-state index contributed by atoms with van der Waals surface area (Å²) in [4.78, 5) is 13.9. The Morgan fingerprint density at radius 1 is 1.00 bits per heavy atom. The second-order valence-corrected chi connectivity index (χ2v) is 11.5. The number of hydrogen-bond acceptors (Lipinski definition) is 2. The van der Waals surface area contributed by atoms with Crippen molar-refractivity contribution in [3.8, 4) is 0 Å². The molecule has 170 valence electrons. The lowest BCUT2D eigenvalue weighted by atomic mass is 9.39. The summed E-state index contributed by atoms with van der Waals surface area (Å²) in [5, 5.41) is 3.49. The van der Waals surface area contributed by atoms with Crippen molar-refractivity contribution in [3.05, 3.63) is 35.9 Å². The molecule has 31 heavy (non-hydrogen) atoms. The minimum atomic E-state index is -0.328. The van der Waals surface area contributed by atoms with E-state index in [1.807, 2.05) is 0 Å². The summed E-state index contributed by atoms with van der Waals surface area (Å²) in [5.41, 5.74) is 6.93. The lowest BCUT2D eigenvalue weighted by Gasteiger charge is -2.65. The zero-order valence-corrected chi connectivity index (χ0v) is 18.9. The quantitative estimate of drug-likeness (QED) is 0.650. The highest BCUT2D eigenvalue weighted by atomic mass is 19.1. The van der Waals surface area contributed by atoms with E-state index >= 15 is 0 Å². The van der Waals surface area contributed by atoms with Crippen LogP contribution in [0.15, 0.2) is 30.3 Å². The highest BCUT2D eigenvalue weighted by molar-refractivity contribution is 5.83. The largest absolute Gasteiger partial charge is 0.353 e. The molecule has 3 nitrogen and oxygen atoms in total. The van der Waals surface area contributed by atoms with E-state index in [2.05, 4.69) is 35.6 Å². The predicted molar refractivity (Wildman–Crippen MR) is 122 cm³/mol. The molecule has 4 saturated carbocycles. The van der Waals surface area contributed by atoms with Gasteiger partial charge in [-0.1, -0.05) is 30.3 Å². The van der Waals surface area contributed by atoms with Crippen LogP contribution in [0, 0.1) is 22.7 Å². The molecule has 0 aromatic heterocycles. The molecule has 0 heterocycles. The first-order chi connectivity index (χ1) is 15.0. The molecular formula is C27H39FN2O. The molecule has 1 aromatic rings. The minimum Gasteiger partial charge on any atom is -0.353 e. The summed E-state index contributed by atoms with van der Waals surface area (Å²) in [5.74, 6) is 1.47. The van der Waals surface area contributed by atoms with Crippen molar-refractivity contribution in [2.75, 3.05) is 13.2 Å².